The van der Waals surface area contributed by atoms with Crippen LogP contribution in [0.3, 0.4) is 0 Å². The Morgan fingerprint density at radius 3 is 2.66 bits per heavy atom. The fourth-order valence-corrected chi connectivity index (χ4v) is 3.77. The Morgan fingerprint density at radius 2 is 2.07 bits per heavy atom. The van der Waals surface area contributed by atoms with Gasteiger partial charge in [-0.25, -0.2) is 0 Å². The number of non-ortho nitro benzene ring substituents is 1. The summed E-state index contributed by atoms with van der Waals surface area (Å²) in [6, 6.07) is 9.56. The van der Waals surface area contributed by atoms with Crippen molar-refractivity contribution in [1.82, 2.24) is 5.01 Å². The molecular weight excluding hydrogens is 482 g/mol. The fraction of sp³-hybridized carbons (Fsp3) is 0.167. The number of carbonyl (C=O) groups is 1. The van der Waals surface area contributed by atoms with Crippen LogP contribution in [0, 0.1) is 10.1 Å². The molecule has 2 aromatic carbocycles. The number of nitro benzene ring substituents is 1. The average molecular weight is 496 g/mol. The van der Waals surface area contributed by atoms with Crippen molar-refractivity contribution in [3.63, 3.8) is 0 Å². The summed E-state index contributed by atoms with van der Waals surface area (Å²) >= 11 is 9.83. The number of ether oxygens (including phenoxy) is 2. The van der Waals surface area contributed by atoms with Crippen LogP contribution in [0.1, 0.15) is 11.1 Å². The second-order valence-corrected chi connectivity index (χ2v) is 8.21. The minimum Gasteiger partial charge on any atom is -0.493 e. The first kappa shape index (κ1) is 21.2. The molecule has 1 amide bonds. The fourth-order valence-electron chi connectivity index (χ4n) is 2.38. The van der Waals surface area contributed by atoms with Crippen molar-refractivity contribution in [2.45, 2.75) is 6.61 Å². The monoisotopic (exact) mass is 495 g/mol. The van der Waals surface area contributed by atoms with Gasteiger partial charge in [0.2, 0.25) is 0 Å². The lowest BCUT2D eigenvalue weighted by Crippen LogP contribution is -2.22. The SMILES string of the molecule is COc1cc(/C=N/N2C(=O)CSC2=S)c(Br)cc1OCc1ccc([N+](=O)[O-])cc1. The average Bonchev–Trinajstić information content (AvgIpc) is 3.03. The highest BCUT2D eigenvalue weighted by molar-refractivity contribution is 9.10. The summed E-state index contributed by atoms with van der Waals surface area (Å²) in [5, 5.41) is 16.1. The summed E-state index contributed by atoms with van der Waals surface area (Å²) in [7, 11) is 1.51. The summed E-state index contributed by atoms with van der Waals surface area (Å²) in [5.74, 6) is 1.08. The predicted molar refractivity (Wildman–Crippen MR) is 118 cm³/mol. The normalized spacial score (nSPS) is 13.9. The first-order chi connectivity index (χ1) is 13.9. The summed E-state index contributed by atoms with van der Waals surface area (Å²) in [4.78, 5) is 22.0. The van der Waals surface area contributed by atoms with Crippen molar-refractivity contribution in [3.8, 4) is 11.5 Å². The molecule has 0 aromatic heterocycles. The van der Waals surface area contributed by atoms with Crippen molar-refractivity contribution in [3.05, 3.63) is 62.1 Å². The van der Waals surface area contributed by atoms with Crippen LogP contribution in [-0.4, -0.2) is 39.2 Å². The van der Waals surface area contributed by atoms with E-state index >= 15 is 0 Å². The number of hydrazone groups is 1. The number of benzene rings is 2. The van der Waals surface area contributed by atoms with E-state index in [0.29, 0.717) is 25.9 Å². The Balaban J connectivity index is 1.75. The lowest BCUT2D eigenvalue weighted by Gasteiger charge is -2.13. The van der Waals surface area contributed by atoms with Gasteiger partial charge in [0, 0.05) is 22.2 Å². The Hall–Kier alpha value is -2.50. The van der Waals surface area contributed by atoms with Crippen molar-refractivity contribution in [2.24, 2.45) is 5.10 Å². The lowest BCUT2D eigenvalue weighted by atomic mass is 10.2. The topological polar surface area (TPSA) is 94.3 Å². The molecule has 0 spiro atoms. The van der Waals surface area contributed by atoms with Gasteiger partial charge in [-0.05, 0) is 45.8 Å². The van der Waals surface area contributed by atoms with Gasteiger partial charge in [0.25, 0.3) is 11.6 Å². The zero-order valence-electron chi connectivity index (χ0n) is 15.0. The molecule has 11 heteroatoms. The number of carbonyl (C=O) groups excluding carboxylic acids is 1. The molecular formula is C18H14BrN3O5S2. The predicted octanol–water partition coefficient (Wildman–Crippen LogP) is 4.14. The second-order valence-electron chi connectivity index (χ2n) is 5.74. The first-order valence-corrected chi connectivity index (χ1v) is 10.3. The number of hydrogen-bond donors (Lipinski definition) is 0. The molecule has 0 unspecified atom stereocenters. The van der Waals surface area contributed by atoms with E-state index in [2.05, 4.69) is 21.0 Å². The third-order valence-electron chi connectivity index (χ3n) is 3.87. The smallest absolute Gasteiger partial charge is 0.269 e. The molecule has 1 aliphatic heterocycles. The van der Waals surface area contributed by atoms with E-state index in [0.717, 1.165) is 5.56 Å². The van der Waals surface area contributed by atoms with Gasteiger partial charge in [-0.1, -0.05) is 24.0 Å². The number of thiocarbonyl (C=S) groups is 1. The van der Waals surface area contributed by atoms with Crippen LogP contribution < -0.4 is 9.47 Å². The van der Waals surface area contributed by atoms with Crippen LogP contribution in [0.25, 0.3) is 0 Å². The maximum Gasteiger partial charge on any atom is 0.269 e. The molecule has 0 bridgehead atoms. The van der Waals surface area contributed by atoms with Crippen LogP contribution in [0.15, 0.2) is 46.0 Å². The minimum absolute atomic E-state index is 0.0204. The number of nitro groups is 1. The Bertz CT molecular complexity index is 982. The third kappa shape index (κ3) is 5.11. The van der Waals surface area contributed by atoms with Gasteiger partial charge < -0.3 is 9.47 Å². The molecule has 0 saturated carbocycles. The zero-order chi connectivity index (χ0) is 21.0. The molecule has 8 nitrogen and oxygen atoms in total. The van der Waals surface area contributed by atoms with E-state index in [1.54, 1.807) is 24.3 Å². The van der Waals surface area contributed by atoms with Gasteiger partial charge in [0.05, 0.1) is 24.0 Å². The molecule has 150 valence electrons. The number of thioether (sulfide) groups is 1. The molecule has 2 aromatic rings. The first-order valence-electron chi connectivity index (χ1n) is 8.16. The maximum absolute atomic E-state index is 11.8. The summed E-state index contributed by atoms with van der Waals surface area (Å²) < 4.78 is 12.3. The van der Waals surface area contributed by atoms with E-state index in [1.807, 2.05) is 0 Å². The van der Waals surface area contributed by atoms with Crippen molar-refractivity contribution in [2.75, 3.05) is 12.9 Å². The van der Waals surface area contributed by atoms with Gasteiger partial charge in [-0.3, -0.25) is 14.9 Å². The van der Waals surface area contributed by atoms with Crippen LogP contribution in [0.2, 0.25) is 0 Å². The van der Waals surface area contributed by atoms with Gasteiger partial charge in [0.15, 0.2) is 15.8 Å². The second kappa shape index (κ2) is 9.33. The molecule has 1 aliphatic rings. The van der Waals surface area contributed by atoms with Crippen molar-refractivity contribution < 1.29 is 19.2 Å². The summed E-state index contributed by atoms with van der Waals surface area (Å²) in [6.07, 6.45) is 1.52. The highest BCUT2D eigenvalue weighted by Gasteiger charge is 2.26. The van der Waals surface area contributed by atoms with Gasteiger partial charge in [-0.15, -0.1) is 0 Å². The van der Waals surface area contributed by atoms with Crippen LogP contribution in [0.4, 0.5) is 5.69 Å². The zero-order valence-corrected chi connectivity index (χ0v) is 18.3. The van der Waals surface area contributed by atoms with E-state index in [-0.39, 0.29) is 24.0 Å². The number of amides is 1. The number of methoxy groups -OCH3 is 1. The molecule has 1 saturated heterocycles. The van der Waals surface area contributed by atoms with Crippen molar-refractivity contribution >= 4 is 62.0 Å². The molecule has 3 rings (SSSR count). The molecule has 1 fully saturated rings. The van der Waals surface area contributed by atoms with E-state index in [4.69, 9.17) is 21.7 Å². The number of rotatable bonds is 7. The largest absolute Gasteiger partial charge is 0.493 e. The molecule has 0 N–H and O–H groups in total. The molecule has 0 atom stereocenters. The van der Waals surface area contributed by atoms with E-state index in [9.17, 15) is 14.9 Å². The molecule has 29 heavy (non-hydrogen) atoms. The number of hydrogen-bond acceptors (Lipinski definition) is 8. The molecule has 1 heterocycles. The standard InChI is InChI=1S/C18H14BrN3O5S2/c1-26-15-6-12(8-20-21-17(23)10-29-18(21)28)14(19)7-16(15)27-9-11-2-4-13(5-3-11)22(24)25/h2-8H,9-10H2,1H3/b20-8+. The highest BCUT2D eigenvalue weighted by atomic mass is 79.9. The van der Waals surface area contributed by atoms with E-state index < -0.39 is 4.92 Å². The summed E-state index contributed by atoms with van der Waals surface area (Å²) in [5.41, 5.74) is 1.47. The molecule has 0 aliphatic carbocycles. The van der Waals surface area contributed by atoms with Gasteiger partial charge in [-0.2, -0.15) is 10.1 Å². The van der Waals surface area contributed by atoms with E-state index in [1.165, 1.54) is 42.2 Å². The lowest BCUT2D eigenvalue weighted by molar-refractivity contribution is -0.384. The quantitative estimate of drug-likeness (QED) is 0.246. The van der Waals surface area contributed by atoms with Crippen LogP contribution in [-0.2, 0) is 11.4 Å². The molecule has 0 radical (unpaired) electrons. The summed E-state index contributed by atoms with van der Waals surface area (Å²) in [6.45, 7) is 0.210. The Morgan fingerprint density at radius 1 is 1.34 bits per heavy atom. The maximum atomic E-state index is 11.8. The number of nitrogens with zero attached hydrogens (tertiary/aromatic N) is 3. The third-order valence-corrected chi connectivity index (χ3v) is 5.89. The Kier molecular flexibility index (Phi) is 6.83. The van der Waals surface area contributed by atoms with Crippen LogP contribution >= 0.6 is 39.9 Å². The van der Waals surface area contributed by atoms with Crippen molar-refractivity contribution in [1.29, 1.82) is 0 Å². The Labute approximate surface area is 184 Å². The number of halogens is 1. The van der Waals surface area contributed by atoms with Crippen LogP contribution in [0.5, 0.6) is 11.5 Å². The van der Waals surface area contributed by atoms with Gasteiger partial charge in [0.1, 0.15) is 6.61 Å². The van der Waals surface area contributed by atoms with Gasteiger partial charge >= 0.3 is 0 Å². The minimum atomic E-state index is -0.452. The highest BCUT2D eigenvalue weighted by Crippen LogP contribution is 2.34.